The zero-order valence-corrected chi connectivity index (χ0v) is 12.8. The Balaban J connectivity index is 1.99. The Morgan fingerprint density at radius 2 is 1.39 bits per heavy atom. The van der Waals surface area contributed by atoms with E-state index in [9.17, 15) is 4.79 Å². The summed E-state index contributed by atoms with van der Waals surface area (Å²) in [5, 5.41) is 9.12. The van der Waals surface area contributed by atoms with Gasteiger partial charge in [0.15, 0.2) is 0 Å². The van der Waals surface area contributed by atoms with Crippen LogP contribution >= 0.6 is 0 Å². The first kappa shape index (κ1) is 15.0. The van der Waals surface area contributed by atoms with E-state index in [1.54, 1.807) is 4.80 Å². The molecule has 0 aliphatic carbocycles. The average Bonchev–Trinajstić information content (AvgIpc) is 3.05. The number of carbonyl (C=O) groups excluding carboxylic acids is 1. The summed E-state index contributed by atoms with van der Waals surface area (Å²) in [5.74, 6) is -0.273. The van der Waals surface area contributed by atoms with E-state index < -0.39 is 0 Å². The van der Waals surface area contributed by atoms with Crippen molar-refractivity contribution >= 4 is 5.97 Å². The second-order valence-corrected chi connectivity index (χ2v) is 5.05. The first-order valence-electron chi connectivity index (χ1n) is 7.40. The largest absolute Gasteiger partial charge is 0.469 e. The van der Waals surface area contributed by atoms with Gasteiger partial charge in [-0.2, -0.15) is 15.0 Å². The number of esters is 1. The van der Waals surface area contributed by atoms with E-state index in [1.807, 2.05) is 60.7 Å². The molecule has 3 aromatic rings. The van der Waals surface area contributed by atoms with Gasteiger partial charge in [-0.3, -0.25) is 4.79 Å². The van der Waals surface area contributed by atoms with E-state index in [0.29, 0.717) is 6.54 Å². The van der Waals surface area contributed by atoms with Crippen molar-refractivity contribution in [2.24, 2.45) is 0 Å². The van der Waals surface area contributed by atoms with Crippen molar-refractivity contribution in [3.8, 4) is 22.5 Å². The number of hydrogen-bond acceptors (Lipinski definition) is 4. The summed E-state index contributed by atoms with van der Waals surface area (Å²) < 4.78 is 4.67. The van der Waals surface area contributed by atoms with Crippen LogP contribution in [0.15, 0.2) is 60.7 Å². The summed E-state index contributed by atoms with van der Waals surface area (Å²) in [6.07, 6.45) is 0.244. The first-order valence-corrected chi connectivity index (χ1v) is 7.40. The molecule has 0 aliphatic rings. The predicted octanol–water partition coefficient (Wildman–Crippen LogP) is 3.18. The van der Waals surface area contributed by atoms with Gasteiger partial charge >= 0.3 is 5.97 Å². The monoisotopic (exact) mass is 307 g/mol. The van der Waals surface area contributed by atoms with Gasteiger partial charge in [0.05, 0.1) is 20.1 Å². The molecule has 2 aromatic carbocycles. The Hall–Kier alpha value is -2.95. The maximum Gasteiger partial charge on any atom is 0.307 e. The van der Waals surface area contributed by atoms with E-state index in [0.717, 1.165) is 22.5 Å². The summed E-state index contributed by atoms with van der Waals surface area (Å²) in [6, 6.07) is 19.8. The summed E-state index contributed by atoms with van der Waals surface area (Å²) in [6.45, 7) is 0.388. The summed E-state index contributed by atoms with van der Waals surface area (Å²) >= 11 is 0. The quantitative estimate of drug-likeness (QED) is 0.679. The maximum absolute atomic E-state index is 11.3. The van der Waals surface area contributed by atoms with Crippen molar-refractivity contribution in [3.63, 3.8) is 0 Å². The molecule has 0 saturated carbocycles. The predicted molar refractivity (Wildman–Crippen MR) is 87.5 cm³/mol. The van der Waals surface area contributed by atoms with Crippen LogP contribution in [0.4, 0.5) is 0 Å². The molecular formula is C18H17N3O2. The van der Waals surface area contributed by atoms with Crippen LogP contribution in [-0.2, 0) is 16.1 Å². The Morgan fingerprint density at radius 3 is 1.83 bits per heavy atom. The van der Waals surface area contributed by atoms with Gasteiger partial charge in [0.1, 0.15) is 11.4 Å². The van der Waals surface area contributed by atoms with Crippen molar-refractivity contribution in [2.75, 3.05) is 7.11 Å². The fourth-order valence-corrected chi connectivity index (χ4v) is 2.32. The molecule has 0 spiro atoms. The minimum absolute atomic E-state index is 0.244. The molecule has 0 unspecified atom stereocenters. The van der Waals surface area contributed by atoms with Crippen molar-refractivity contribution in [1.82, 2.24) is 15.0 Å². The van der Waals surface area contributed by atoms with Crippen LogP contribution in [0.5, 0.6) is 0 Å². The molecule has 0 amide bonds. The third-order valence-corrected chi connectivity index (χ3v) is 3.49. The van der Waals surface area contributed by atoms with Gasteiger partial charge in [-0.05, 0) is 0 Å². The molecule has 23 heavy (non-hydrogen) atoms. The molecule has 0 aliphatic heterocycles. The summed E-state index contributed by atoms with van der Waals surface area (Å²) in [5.41, 5.74) is 3.61. The molecule has 0 saturated heterocycles. The highest BCUT2D eigenvalue weighted by molar-refractivity contribution is 5.77. The summed E-state index contributed by atoms with van der Waals surface area (Å²) in [4.78, 5) is 12.9. The van der Waals surface area contributed by atoms with E-state index in [2.05, 4.69) is 14.9 Å². The van der Waals surface area contributed by atoms with Crippen LogP contribution in [0.3, 0.4) is 0 Å². The highest BCUT2D eigenvalue weighted by atomic mass is 16.5. The van der Waals surface area contributed by atoms with Gasteiger partial charge in [-0.25, -0.2) is 0 Å². The molecule has 5 heteroatoms. The zero-order chi connectivity index (χ0) is 16.1. The van der Waals surface area contributed by atoms with Gasteiger partial charge < -0.3 is 4.74 Å². The van der Waals surface area contributed by atoms with Crippen molar-refractivity contribution < 1.29 is 9.53 Å². The molecule has 116 valence electrons. The van der Waals surface area contributed by atoms with Crippen LogP contribution in [0.2, 0.25) is 0 Å². The maximum atomic E-state index is 11.3. The third kappa shape index (κ3) is 3.45. The molecule has 3 rings (SSSR count). The van der Waals surface area contributed by atoms with Crippen LogP contribution in [0, 0.1) is 0 Å². The molecule has 1 heterocycles. The second kappa shape index (κ2) is 6.87. The lowest BCUT2D eigenvalue weighted by Gasteiger charge is -2.00. The van der Waals surface area contributed by atoms with Gasteiger partial charge in [0, 0.05) is 11.1 Å². The molecule has 0 atom stereocenters. The second-order valence-electron chi connectivity index (χ2n) is 5.05. The van der Waals surface area contributed by atoms with Crippen LogP contribution in [-0.4, -0.2) is 28.1 Å². The number of benzene rings is 2. The van der Waals surface area contributed by atoms with E-state index >= 15 is 0 Å². The standard InChI is InChI=1S/C18H17N3O2/c1-23-16(22)12-13-21-19-17(14-8-4-2-5-9-14)18(20-21)15-10-6-3-7-11-15/h2-11H,12-13H2,1H3. The Bertz CT molecular complexity index is 726. The fraction of sp³-hybridized carbons (Fsp3) is 0.167. The highest BCUT2D eigenvalue weighted by Gasteiger charge is 2.15. The number of nitrogens with zero attached hydrogens (tertiary/aromatic N) is 3. The van der Waals surface area contributed by atoms with Crippen LogP contribution in [0.1, 0.15) is 6.42 Å². The average molecular weight is 307 g/mol. The first-order chi connectivity index (χ1) is 11.3. The SMILES string of the molecule is COC(=O)CCn1nc(-c2ccccc2)c(-c2ccccc2)n1. The molecule has 0 radical (unpaired) electrons. The number of methoxy groups -OCH3 is 1. The number of ether oxygens (including phenoxy) is 1. The normalized spacial score (nSPS) is 10.5. The Kier molecular flexibility index (Phi) is 4.47. The fourth-order valence-electron chi connectivity index (χ4n) is 2.32. The third-order valence-electron chi connectivity index (χ3n) is 3.49. The molecule has 0 bridgehead atoms. The molecular weight excluding hydrogens is 290 g/mol. The zero-order valence-electron chi connectivity index (χ0n) is 12.8. The van der Waals surface area contributed by atoms with Crippen molar-refractivity contribution in [3.05, 3.63) is 60.7 Å². The van der Waals surface area contributed by atoms with Crippen molar-refractivity contribution in [2.45, 2.75) is 13.0 Å². The van der Waals surface area contributed by atoms with Gasteiger partial charge in [0.2, 0.25) is 0 Å². The van der Waals surface area contributed by atoms with Gasteiger partial charge in [-0.15, -0.1) is 0 Å². The molecule has 5 nitrogen and oxygen atoms in total. The van der Waals surface area contributed by atoms with Crippen molar-refractivity contribution in [1.29, 1.82) is 0 Å². The highest BCUT2D eigenvalue weighted by Crippen LogP contribution is 2.28. The lowest BCUT2D eigenvalue weighted by atomic mass is 10.1. The number of rotatable bonds is 5. The lowest BCUT2D eigenvalue weighted by molar-refractivity contribution is -0.140. The van der Waals surface area contributed by atoms with Crippen LogP contribution < -0.4 is 0 Å². The smallest absolute Gasteiger partial charge is 0.307 e. The minimum atomic E-state index is -0.273. The molecule has 0 fully saturated rings. The van der Waals surface area contributed by atoms with E-state index in [-0.39, 0.29) is 12.4 Å². The Morgan fingerprint density at radius 1 is 0.913 bits per heavy atom. The molecule has 1 aromatic heterocycles. The number of aryl methyl sites for hydroxylation is 1. The van der Waals surface area contributed by atoms with Gasteiger partial charge in [-0.1, -0.05) is 60.7 Å². The topological polar surface area (TPSA) is 57.0 Å². The molecule has 0 N–H and O–H groups in total. The Labute approximate surface area is 134 Å². The van der Waals surface area contributed by atoms with Gasteiger partial charge in [0.25, 0.3) is 0 Å². The lowest BCUT2D eigenvalue weighted by Crippen LogP contribution is -2.09. The number of carbonyl (C=O) groups is 1. The van der Waals surface area contributed by atoms with Crippen LogP contribution in [0.25, 0.3) is 22.5 Å². The van der Waals surface area contributed by atoms with E-state index in [4.69, 9.17) is 0 Å². The number of hydrogen-bond donors (Lipinski definition) is 0. The number of aromatic nitrogens is 3. The summed E-state index contributed by atoms with van der Waals surface area (Å²) in [7, 11) is 1.38. The van der Waals surface area contributed by atoms with E-state index in [1.165, 1.54) is 7.11 Å². The minimum Gasteiger partial charge on any atom is -0.469 e.